The first-order valence-corrected chi connectivity index (χ1v) is 4.91. The molecule has 1 fully saturated rings. The average molecular weight is 198 g/mol. The molecule has 2 unspecified atom stereocenters. The minimum atomic E-state index is -1.36. The van der Waals surface area contributed by atoms with E-state index in [0.717, 1.165) is 12.8 Å². The zero-order valence-corrected chi connectivity index (χ0v) is 8.28. The topological polar surface area (TPSA) is 56.7 Å². The molecule has 1 saturated carbocycles. The second kappa shape index (κ2) is 3.31. The Morgan fingerprint density at radius 1 is 1.71 bits per heavy atom. The van der Waals surface area contributed by atoms with Gasteiger partial charge in [0.25, 0.3) is 0 Å². The molecular weight excluding hydrogens is 183 g/mol. The summed E-state index contributed by atoms with van der Waals surface area (Å²) in [5, 5.41) is 7.58. The molecule has 2 rings (SSSR count). The van der Waals surface area contributed by atoms with Crippen LogP contribution in [0.1, 0.15) is 31.4 Å². The molecule has 0 bridgehead atoms. The van der Waals surface area contributed by atoms with Crippen LogP contribution in [0.4, 0.5) is 4.39 Å². The van der Waals surface area contributed by atoms with Gasteiger partial charge in [-0.25, -0.2) is 4.39 Å². The third kappa shape index (κ3) is 1.64. The van der Waals surface area contributed by atoms with E-state index in [2.05, 4.69) is 10.3 Å². The number of rotatable bonds is 1. The number of hydrogen-bond acceptors (Lipinski definition) is 3. The fourth-order valence-corrected chi connectivity index (χ4v) is 2.05. The van der Waals surface area contributed by atoms with Crippen molar-refractivity contribution in [3.63, 3.8) is 0 Å². The van der Waals surface area contributed by atoms with Crippen LogP contribution in [0.15, 0.2) is 6.20 Å². The van der Waals surface area contributed by atoms with Gasteiger partial charge in [0.1, 0.15) is 5.69 Å². The predicted octanol–water partition coefficient (Wildman–Crippen LogP) is 0.881. The highest BCUT2D eigenvalue weighted by atomic mass is 19.1. The van der Waals surface area contributed by atoms with Crippen LogP contribution in [-0.4, -0.2) is 21.0 Å². The van der Waals surface area contributed by atoms with Gasteiger partial charge in [0.15, 0.2) is 5.67 Å². The van der Waals surface area contributed by atoms with Crippen molar-refractivity contribution in [1.82, 2.24) is 15.0 Å². The smallest absolute Gasteiger partial charge is 0.157 e. The van der Waals surface area contributed by atoms with Gasteiger partial charge in [-0.1, -0.05) is 5.21 Å². The normalized spacial score (nSPS) is 33.2. The van der Waals surface area contributed by atoms with Crippen LogP contribution < -0.4 is 5.73 Å². The quantitative estimate of drug-likeness (QED) is 0.728. The first kappa shape index (κ1) is 9.58. The molecule has 0 aliphatic heterocycles. The number of aromatic nitrogens is 3. The number of alkyl halides is 1. The van der Waals surface area contributed by atoms with E-state index in [4.69, 9.17) is 5.73 Å². The molecule has 1 heterocycles. The van der Waals surface area contributed by atoms with Crippen molar-refractivity contribution in [2.45, 2.75) is 37.4 Å². The van der Waals surface area contributed by atoms with Crippen molar-refractivity contribution in [1.29, 1.82) is 0 Å². The van der Waals surface area contributed by atoms with Gasteiger partial charge in [-0.3, -0.25) is 4.68 Å². The van der Waals surface area contributed by atoms with Crippen molar-refractivity contribution in [3.05, 3.63) is 11.9 Å². The van der Waals surface area contributed by atoms with Crippen molar-refractivity contribution < 1.29 is 4.39 Å². The summed E-state index contributed by atoms with van der Waals surface area (Å²) < 4.78 is 15.9. The first-order chi connectivity index (χ1) is 6.60. The van der Waals surface area contributed by atoms with E-state index >= 15 is 0 Å². The Hall–Kier alpha value is -0.970. The molecular formula is C9H15FN4. The molecule has 0 radical (unpaired) electrons. The van der Waals surface area contributed by atoms with Gasteiger partial charge in [0, 0.05) is 19.5 Å². The summed E-state index contributed by atoms with van der Waals surface area (Å²) in [5.74, 6) is 0. The van der Waals surface area contributed by atoms with Crippen LogP contribution in [0.2, 0.25) is 0 Å². The van der Waals surface area contributed by atoms with E-state index in [1.165, 1.54) is 4.68 Å². The Balaban J connectivity index is 2.22. The molecule has 5 heteroatoms. The zero-order chi connectivity index (χ0) is 10.2. The molecule has 1 aromatic rings. The molecule has 0 amide bonds. The minimum absolute atomic E-state index is 0.0456. The summed E-state index contributed by atoms with van der Waals surface area (Å²) >= 11 is 0. The van der Waals surface area contributed by atoms with E-state index in [9.17, 15) is 4.39 Å². The van der Waals surface area contributed by atoms with E-state index in [1.54, 1.807) is 13.2 Å². The standard InChI is InChI=1S/C9H15FN4/c1-14-6-8(12-13-14)9(10)4-2-3-7(11)5-9/h6-7H,2-5,11H2,1H3. The number of hydrogen-bond donors (Lipinski definition) is 1. The minimum Gasteiger partial charge on any atom is -0.328 e. The molecule has 2 N–H and O–H groups in total. The Morgan fingerprint density at radius 3 is 3.07 bits per heavy atom. The van der Waals surface area contributed by atoms with Gasteiger partial charge in [-0.2, -0.15) is 0 Å². The molecule has 1 aromatic heterocycles. The van der Waals surface area contributed by atoms with Crippen LogP contribution in [0.3, 0.4) is 0 Å². The Bertz CT molecular complexity index is 324. The maximum atomic E-state index is 14.4. The third-order valence-electron chi connectivity index (χ3n) is 2.80. The van der Waals surface area contributed by atoms with Crippen LogP contribution in [0, 0.1) is 0 Å². The fourth-order valence-electron chi connectivity index (χ4n) is 2.05. The number of aryl methyl sites for hydroxylation is 1. The van der Waals surface area contributed by atoms with Gasteiger partial charge in [-0.15, -0.1) is 5.10 Å². The zero-order valence-electron chi connectivity index (χ0n) is 8.28. The monoisotopic (exact) mass is 198 g/mol. The predicted molar refractivity (Wildman–Crippen MR) is 50.2 cm³/mol. The summed E-state index contributed by atoms with van der Waals surface area (Å²) in [6, 6.07) is -0.0456. The van der Waals surface area contributed by atoms with E-state index in [0.29, 0.717) is 18.5 Å². The summed E-state index contributed by atoms with van der Waals surface area (Å²) in [6.07, 6.45) is 4.25. The second-order valence-corrected chi connectivity index (χ2v) is 4.10. The van der Waals surface area contributed by atoms with Crippen LogP contribution in [0.5, 0.6) is 0 Å². The van der Waals surface area contributed by atoms with Gasteiger partial charge in [-0.05, 0) is 19.3 Å². The highest BCUT2D eigenvalue weighted by Gasteiger charge is 2.39. The van der Waals surface area contributed by atoms with Gasteiger partial charge in [0.2, 0.25) is 0 Å². The second-order valence-electron chi connectivity index (χ2n) is 4.10. The van der Waals surface area contributed by atoms with Crippen LogP contribution in [-0.2, 0) is 12.7 Å². The number of nitrogens with two attached hydrogens (primary N) is 1. The Morgan fingerprint density at radius 2 is 2.50 bits per heavy atom. The molecule has 0 aromatic carbocycles. The Kier molecular flexibility index (Phi) is 2.26. The number of halogens is 1. The summed E-state index contributed by atoms with van der Waals surface area (Å²) in [4.78, 5) is 0. The molecule has 1 aliphatic rings. The highest BCUT2D eigenvalue weighted by Crippen LogP contribution is 2.38. The SMILES string of the molecule is Cn1cc(C2(F)CCCC(N)C2)nn1. The van der Waals surface area contributed by atoms with Crippen molar-refractivity contribution in [3.8, 4) is 0 Å². The third-order valence-corrected chi connectivity index (χ3v) is 2.80. The van der Waals surface area contributed by atoms with Crippen LogP contribution >= 0.6 is 0 Å². The van der Waals surface area contributed by atoms with Gasteiger partial charge < -0.3 is 5.73 Å². The first-order valence-electron chi connectivity index (χ1n) is 4.91. The van der Waals surface area contributed by atoms with Crippen molar-refractivity contribution in [2.24, 2.45) is 12.8 Å². The molecule has 2 atom stereocenters. The summed E-state index contributed by atoms with van der Waals surface area (Å²) in [6.45, 7) is 0. The van der Waals surface area contributed by atoms with Gasteiger partial charge >= 0.3 is 0 Å². The summed E-state index contributed by atoms with van der Waals surface area (Å²) in [7, 11) is 1.74. The van der Waals surface area contributed by atoms with E-state index < -0.39 is 5.67 Å². The maximum Gasteiger partial charge on any atom is 0.157 e. The van der Waals surface area contributed by atoms with Crippen LogP contribution in [0.25, 0.3) is 0 Å². The van der Waals surface area contributed by atoms with E-state index in [-0.39, 0.29) is 6.04 Å². The molecule has 14 heavy (non-hydrogen) atoms. The lowest BCUT2D eigenvalue weighted by atomic mass is 9.82. The maximum absolute atomic E-state index is 14.4. The molecule has 1 aliphatic carbocycles. The largest absolute Gasteiger partial charge is 0.328 e. The molecule has 4 nitrogen and oxygen atoms in total. The number of nitrogens with zero attached hydrogens (tertiary/aromatic N) is 3. The lowest BCUT2D eigenvalue weighted by Crippen LogP contribution is -2.36. The highest BCUT2D eigenvalue weighted by molar-refractivity contribution is 5.09. The van der Waals surface area contributed by atoms with Gasteiger partial charge in [0.05, 0.1) is 6.20 Å². The lowest BCUT2D eigenvalue weighted by molar-refractivity contribution is 0.0897. The van der Waals surface area contributed by atoms with E-state index in [1.807, 2.05) is 0 Å². The fraction of sp³-hybridized carbons (Fsp3) is 0.778. The lowest BCUT2D eigenvalue weighted by Gasteiger charge is -2.31. The molecule has 0 spiro atoms. The molecule has 0 saturated heterocycles. The average Bonchev–Trinajstić information content (AvgIpc) is 2.52. The van der Waals surface area contributed by atoms with Crippen molar-refractivity contribution in [2.75, 3.05) is 0 Å². The summed E-state index contributed by atoms with van der Waals surface area (Å²) in [5.41, 5.74) is 4.83. The van der Waals surface area contributed by atoms with Crippen molar-refractivity contribution >= 4 is 0 Å². The molecule has 78 valence electrons. The Labute approximate surface area is 82.3 Å².